The van der Waals surface area contributed by atoms with Crippen molar-refractivity contribution in [2.45, 2.75) is 0 Å². The van der Waals surface area contributed by atoms with Crippen molar-refractivity contribution in [1.29, 1.82) is 0 Å². The van der Waals surface area contributed by atoms with Crippen LogP contribution in [-0.2, 0) is 0 Å². The highest BCUT2D eigenvalue weighted by atomic mass is 16.1. The van der Waals surface area contributed by atoms with Crippen LogP contribution < -0.4 is 17.2 Å². The number of rotatable bonds is 2. The molecule has 86 valence electrons. The number of nitrogens with two attached hydrogens (primary N) is 3. The van der Waals surface area contributed by atoms with Crippen molar-refractivity contribution in [3.63, 3.8) is 0 Å². The van der Waals surface area contributed by atoms with Crippen molar-refractivity contribution in [2.24, 2.45) is 0 Å². The maximum Gasteiger partial charge on any atom is 0.197 e. The van der Waals surface area contributed by atoms with Gasteiger partial charge in [-0.1, -0.05) is 12.1 Å². The van der Waals surface area contributed by atoms with Crippen LogP contribution in [0.2, 0.25) is 0 Å². The molecule has 2 aromatic carbocycles. The van der Waals surface area contributed by atoms with Crippen molar-refractivity contribution in [1.82, 2.24) is 0 Å². The summed E-state index contributed by atoms with van der Waals surface area (Å²) >= 11 is 0. The Morgan fingerprint density at radius 2 is 1.47 bits per heavy atom. The third-order valence-corrected chi connectivity index (χ3v) is 2.53. The third-order valence-electron chi connectivity index (χ3n) is 2.53. The molecule has 0 atom stereocenters. The highest BCUT2D eigenvalue weighted by Crippen LogP contribution is 2.22. The Hall–Kier alpha value is -2.49. The molecule has 0 heterocycles. The summed E-state index contributed by atoms with van der Waals surface area (Å²) in [4.78, 5) is 12.2. The number of ketones is 1. The van der Waals surface area contributed by atoms with Crippen LogP contribution in [-0.4, -0.2) is 5.78 Å². The van der Waals surface area contributed by atoms with Crippen molar-refractivity contribution < 1.29 is 4.79 Å². The van der Waals surface area contributed by atoms with Crippen molar-refractivity contribution in [3.8, 4) is 0 Å². The fourth-order valence-electron chi connectivity index (χ4n) is 1.64. The van der Waals surface area contributed by atoms with Gasteiger partial charge in [-0.25, -0.2) is 0 Å². The minimum atomic E-state index is -0.194. The first-order valence-corrected chi connectivity index (χ1v) is 5.14. The highest BCUT2D eigenvalue weighted by molar-refractivity contribution is 6.14. The summed E-state index contributed by atoms with van der Waals surface area (Å²) in [5.74, 6) is -0.194. The molecule has 2 rings (SSSR count). The number of nitrogen functional groups attached to an aromatic ring is 3. The Kier molecular flexibility index (Phi) is 2.70. The van der Waals surface area contributed by atoms with Crippen LogP contribution in [0.3, 0.4) is 0 Å². The topological polar surface area (TPSA) is 95.1 Å². The van der Waals surface area contributed by atoms with Gasteiger partial charge in [0.15, 0.2) is 5.78 Å². The molecule has 0 unspecified atom stereocenters. The first-order valence-electron chi connectivity index (χ1n) is 5.14. The van der Waals surface area contributed by atoms with Crippen LogP contribution in [0.4, 0.5) is 17.1 Å². The van der Waals surface area contributed by atoms with Crippen LogP contribution in [0.15, 0.2) is 42.5 Å². The van der Waals surface area contributed by atoms with Crippen LogP contribution >= 0.6 is 0 Å². The standard InChI is InChI=1S/C13H13N3O/c14-8-5-6-10(12(16)7-8)13(17)9-3-1-2-4-11(9)15/h1-7H,14-16H2. The van der Waals surface area contributed by atoms with E-state index in [2.05, 4.69) is 0 Å². The Bertz CT molecular complexity index is 579. The summed E-state index contributed by atoms with van der Waals surface area (Å²) < 4.78 is 0. The Morgan fingerprint density at radius 3 is 2.12 bits per heavy atom. The molecule has 0 saturated carbocycles. The Labute approximate surface area is 99.0 Å². The molecule has 0 fully saturated rings. The normalized spacial score (nSPS) is 10.1. The minimum absolute atomic E-state index is 0.194. The quantitative estimate of drug-likeness (QED) is 0.537. The fourth-order valence-corrected chi connectivity index (χ4v) is 1.64. The van der Waals surface area contributed by atoms with Crippen LogP contribution in [0.5, 0.6) is 0 Å². The molecule has 0 bridgehead atoms. The van der Waals surface area contributed by atoms with Gasteiger partial charge in [-0.05, 0) is 30.3 Å². The van der Waals surface area contributed by atoms with Gasteiger partial charge in [-0.15, -0.1) is 0 Å². The van der Waals surface area contributed by atoms with E-state index in [1.165, 1.54) is 0 Å². The molecule has 0 amide bonds. The lowest BCUT2D eigenvalue weighted by Crippen LogP contribution is -2.08. The van der Waals surface area contributed by atoms with E-state index in [0.717, 1.165) is 0 Å². The average molecular weight is 227 g/mol. The second-order valence-electron chi connectivity index (χ2n) is 3.76. The monoisotopic (exact) mass is 227 g/mol. The van der Waals surface area contributed by atoms with E-state index >= 15 is 0 Å². The number of hydrogen-bond donors (Lipinski definition) is 3. The fraction of sp³-hybridized carbons (Fsp3) is 0. The average Bonchev–Trinajstić information content (AvgIpc) is 2.29. The van der Waals surface area contributed by atoms with Gasteiger partial charge < -0.3 is 17.2 Å². The zero-order valence-electron chi connectivity index (χ0n) is 9.18. The molecule has 0 aliphatic carbocycles. The van der Waals surface area contributed by atoms with Crippen LogP contribution in [0, 0.1) is 0 Å². The summed E-state index contributed by atoms with van der Waals surface area (Å²) in [6.45, 7) is 0. The van der Waals surface area contributed by atoms with Crippen LogP contribution in [0.1, 0.15) is 15.9 Å². The van der Waals surface area contributed by atoms with E-state index in [9.17, 15) is 4.79 Å². The summed E-state index contributed by atoms with van der Waals surface area (Å²) in [5.41, 5.74) is 19.3. The number of benzene rings is 2. The lowest BCUT2D eigenvalue weighted by atomic mass is 10.00. The van der Waals surface area contributed by atoms with Gasteiger partial charge in [0, 0.05) is 28.2 Å². The zero-order chi connectivity index (χ0) is 12.4. The SMILES string of the molecule is Nc1ccc(C(=O)c2ccccc2N)c(N)c1. The minimum Gasteiger partial charge on any atom is -0.399 e. The molecule has 0 radical (unpaired) electrons. The van der Waals surface area contributed by atoms with E-state index in [4.69, 9.17) is 17.2 Å². The smallest absolute Gasteiger partial charge is 0.197 e. The molecule has 17 heavy (non-hydrogen) atoms. The molecular weight excluding hydrogens is 214 g/mol. The van der Waals surface area contributed by atoms with Gasteiger partial charge >= 0.3 is 0 Å². The second kappa shape index (κ2) is 4.17. The summed E-state index contributed by atoms with van der Waals surface area (Å²) in [7, 11) is 0. The van der Waals surface area contributed by atoms with E-state index in [1.807, 2.05) is 0 Å². The number of anilines is 3. The van der Waals surface area contributed by atoms with Crippen molar-refractivity contribution in [2.75, 3.05) is 17.2 Å². The number of para-hydroxylation sites is 1. The zero-order valence-corrected chi connectivity index (χ0v) is 9.18. The van der Waals surface area contributed by atoms with E-state index in [0.29, 0.717) is 28.2 Å². The predicted molar refractivity (Wildman–Crippen MR) is 69.6 cm³/mol. The van der Waals surface area contributed by atoms with Gasteiger partial charge in [0.1, 0.15) is 0 Å². The van der Waals surface area contributed by atoms with E-state index < -0.39 is 0 Å². The maximum absolute atomic E-state index is 12.2. The first-order chi connectivity index (χ1) is 8.09. The lowest BCUT2D eigenvalue weighted by molar-refractivity contribution is 0.104. The molecular formula is C13H13N3O. The number of carbonyl (C=O) groups excluding carboxylic acids is 1. The number of carbonyl (C=O) groups is 1. The summed E-state index contributed by atoms with van der Waals surface area (Å²) in [6, 6.07) is 11.7. The first kappa shape index (κ1) is 11.0. The molecule has 0 saturated heterocycles. The largest absolute Gasteiger partial charge is 0.399 e. The molecule has 2 aromatic rings. The second-order valence-corrected chi connectivity index (χ2v) is 3.76. The molecule has 0 spiro atoms. The van der Waals surface area contributed by atoms with Gasteiger partial charge in [0.25, 0.3) is 0 Å². The van der Waals surface area contributed by atoms with E-state index in [-0.39, 0.29) is 5.78 Å². The molecule has 6 N–H and O–H groups in total. The van der Waals surface area contributed by atoms with Crippen molar-refractivity contribution >= 4 is 22.8 Å². The molecule has 4 nitrogen and oxygen atoms in total. The highest BCUT2D eigenvalue weighted by Gasteiger charge is 2.14. The molecule has 0 aliphatic heterocycles. The number of hydrogen-bond acceptors (Lipinski definition) is 4. The predicted octanol–water partition coefficient (Wildman–Crippen LogP) is 1.66. The maximum atomic E-state index is 12.2. The van der Waals surface area contributed by atoms with Gasteiger partial charge in [0.2, 0.25) is 0 Å². The lowest BCUT2D eigenvalue weighted by Gasteiger charge is -2.07. The van der Waals surface area contributed by atoms with Gasteiger partial charge in [0.05, 0.1) is 0 Å². The Balaban J connectivity index is 2.48. The van der Waals surface area contributed by atoms with Gasteiger partial charge in [-0.3, -0.25) is 4.79 Å². The van der Waals surface area contributed by atoms with Gasteiger partial charge in [-0.2, -0.15) is 0 Å². The molecule has 4 heteroatoms. The van der Waals surface area contributed by atoms with E-state index in [1.54, 1.807) is 42.5 Å². The third kappa shape index (κ3) is 2.06. The summed E-state index contributed by atoms with van der Waals surface area (Å²) in [5, 5.41) is 0. The Morgan fingerprint density at radius 1 is 0.824 bits per heavy atom. The van der Waals surface area contributed by atoms with Crippen LogP contribution in [0.25, 0.3) is 0 Å². The molecule has 0 aromatic heterocycles. The van der Waals surface area contributed by atoms with Crippen molar-refractivity contribution in [3.05, 3.63) is 53.6 Å². The summed E-state index contributed by atoms with van der Waals surface area (Å²) in [6.07, 6.45) is 0. The molecule has 0 aliphatic rings.